The van der Waals surface area contributed by atoms with Crippen LogP contribution in [0.25, 0.3) is 10.9 Å². The molecule has 0 fully saturated rings. The molecule has 1 aromatic heterocycles. The molecule has 25 heavy (non-hydrogen) atoms. The van der Waals surface area contributed by atoms with Gasteiger partial charge < -0.3 is 19.4 Å². The number of benzene rings is 1. The molecule has 1 amide bonds. The van der Waals surface area contributed by atoms with E-state index in [1.165, 1.54) is 37.5 Å². The molecule has 2 aromatic rings. The molecule has 0 aliphatic carbocycles. The first-order chi connectivity index (χ1) is 11.8. The second kappa shape index (κ2) is 5.95. The number of amides is 1. The van der Waals surface area contributed by atoms with Crippen LogP contribution in [-0.4, -0.2) is 27.9 Å². The highest BCUT2D eigenvalue weighted by molar-refractivity contribution is 9.10. The Balaban J connectivity index is 2.10. The van der Waals surface area contributed by atoms with E-state index in [-0.39, 0.29) is 5.41 Å². The maximum atomic E-state index is 11.5. The summed E-state index contributed by atoms with van der Waals surface area (Å²) in [4.78, 5) is 14.2. The van der Waals surface area contributed by atoms with Crippen LogP contribution in [0.2, 0.25) is 0 Å². The SMILES string of the molecule is CC(C)(C)c1c(Br)cc2c3c1c1c(n3CCCS2)CCN(C(=O)[O-])C1. The van der Waals surface area contributed by atoms with Crippen molar-refractivity contribution in [1.82, 2.24) is 9.47 Å². The topological polar surface area (TPSA) is 48.3 Å². The fourth-order valence-corrected chi connectivity index (χ4v) is 6.46. The van der Waals surface area contributed by atoms with Crippen LogP contribution in [-0.2, 0) is 24.9 Å². The number of hydrogen-bond acceptors (Lipinski definition) is 3. The van der Waals surface area contributed by atoms with Gasteiger partial charge >= 0.3 is 0 Å². The van der Waals surface area contributed by atoms with Gasteiger partial charge in [0.25, 0.3) is 0 Å². The van der Waals surface area contributed by atoms with Gasteiger partial charge in [0.1, 0.15) is 6.09 Å². The summed E-state index contributed by atoms with van der Waals surface area (Å²) in [5.41, 5.74) is 5.06. The highest BCUT2D eigenvalue weighted by atomic mass is 79.9. The Kier molecular flexibility index (Phi) is 4.11. The number of carbonyl (C=O) groups is 1. The quantitative estimate of drug-likeness (QED) is 0.647. The van der Waals surface area contributed by atoms with Crippen LogP contribution in [0.5, 0.6) is 0 Å². The Labute approximate surface area is 160 Å². The van der Waals surface area contributed by atoms with E-state index in [1.54, 1.807) is 0 Å². The molecule has 2 aliphatic rings. The lowest BCUT2D eigenvalue weighted by Crippen LogP contribution is -2.44. The maximum Gasteiger partial charge on any atom is 0.137 e. The van der Waals surface area contributed by atoms with Crippen molar-refractivity contribution in [3.63, 3.8) is 0 Å². The summed E-state index contributed by atoms with van der Waals surface area (Å²) in [5.74, 6) is 1.12. The molecular formula is C19H22BrN2O2S-. The molecule has 4 nitrogen and oxygen atoms in total. The highest BCUT2D eigenvalue weighted by Gasteiger charge is 2.32. The lowest BCUT2D eigenvalue weighted by molar-refractivity contribution is -0.266. The smallest absolute Gasteiger partial charge is 0.137 e. The Morgan fingerprint density at radius 2 is 2.08 bits per heavy atom. The molecular weight excluding hydrogens is 400 g/mol. The molecule has 0 atom stereocenters. The van der Waals surface area contributed by atoms with Crippen LogP contribution in [0.3, 0.4) is 0 Å². The molecule has 0 saturated carbocycles. The standard InChI is InChI=1S/C19H23BrN2O2S/c1-19(2,3)16-12(20)9-14-17-15(16)11-10-21(18(23)24)7-5-13(11)22(17)6-4-8-25-14/h9H,4-8,10H2,1-3H3,(H,23,24)/p-1. The van der Waals surface area contributed by atoms with Crippen LogP contribution < -0.4 is 5.11 Å². The number of carboxylic acid groups (broad SMARTS) is 1. The summed E-state index contributed by atoms with van der Waals surface area (Å²) < 4.78 is 3.59. The van der Waals surface area contributed by atoms with Gasteiger partial charge in [-0.15, -0.1) is 11.8 Å². The van der Waals surface area contributed by atoms with Gasteiger partial charge in [0, 0.05) is 52.1 Å². The molecule has 0 spiro atoms. The summed E-state index contributed by atoms with van der Waals surface area (Å²) in [6.07, 6.45) is 0.839. The van der Waals surface area contributed by atoms with Crippen molar-refractivity contribution in [3.8, 4) is 0 Å². The van der Waals surface area contributed by atoms with E-state index in [2.05, 4.69) is 47.3 Å². The number of fused-ring (bicyclic) bond motifs is 3. The van der Waals surface area contributed by atoms with Gasteiger partial charge in [0.05, 0.1) is 5.52 Å². The van der Waals surface area contributed by atoms with Crippen molar-refractivity contribution in [2.45, 2.75) is 57.0 Å². The van der Waals surface area contributed by atoms with Gasteiger partial charge in [0.15, 0.2) is 0 Å². The van der Waals surface area contributed by atoms with E-state index in [4.69, 9.17) is 0 Å². The maximum absolute atomic E-state index is 11.5. The van der Waals surface area contributed by atoms with Crippen molar-refractivity contribution in [3.05, 3.63) is 27.4 Å². The van der Waals surface area contributed by atoms with Crippen LogP contribution >= 0.6 is 27.7 Å². The molecule has 3 heterocycles. The van der Waals surface area contributed by atoms with Gasteiger partial charge in [-0.1, -0.05) is 36.7 Å². The van der Waals surface area contributed by atoms with E-state index >= 15 is 0 Å². The first-order valence-electron chi connectivity index (χ1n) is 8.74. The molecule has 0 unspecified atom stereocenters. The summed E-state index contributed by atoms with van der Waals surface area (Å²) in [5, 5.41) is 12.7. The highest BCUT2D eigenvalue weighted by Crippen LogP contribution is 2.46. The Hall–Kier alpha value is -1.14. The third kappa shape index (κ3) is 2.69. The Morgan fingerprint density at radius 1 is 1.32 bits per heavy atom. The van der Waals surface area contributed by atoms with E-state index in [1.807, 2.05) is 11.8 Å². The first kappa shape index (κ1) is 17.3. The van der Waals surface area contributed by atoms with Gasteiger partial charge in [-0.25, -0.2) is 0 Å². The van der Waals surface area contributed by atoms with Gasteiger partial charge in [0.2, 0.25) is 0 Å². The number of halogens is 1. The predicted octanol–water partition coefficient (Wildman–Crippen LogP) is 3.90. The first-order valence-corrected chi connectivity index (χ1v) is 10.5. The second-order valence-corrected chi connectivity index (χ2v) is 9.91. The number of nitrogens with zero attached hydrogens (tertiary/aromatic N) is 2. The molecule has 0 radical (unpaired) electrons. The molecule has 4 rings (SSSR count). The fourth-order valence-electron chi connectivity index (χ4n) is 4.24. The van der Waals surface area contributed by atoms with E-state index in [0.29, 0.717) is 13.1 Å². The predicted molar refractivity (Wildman–Crippen MR) is 103 cm³/mol. The van der Waals surface area contributed by atoms with Crippen molar-refractivity contribution < 1.29 is 9.90 Å². The lowest BCUT2D eigenvalue weighted by atomic mass is 9.83. The molecule has 0 N–H and O–H groups in total. The summed E-state index contributed by atoms with van der Waals surface area (Å²) in [6.45, 7) is 8.65. The van der Waals surface area contributed by atoms with Crippen LogP contribution in [0, 0.1) is 0 Å². The number of hydrogen-bond donors (Lipinski definition) is 0. The number of rotatable bonds is 0. The zero-order chi connectivity index (χ0) is 17.9. The van der Waals surface area contributed by atoms with E-state index in [0.717, 1.165) is 29.6 Å². The molecule has 0 bridgehead atoms. The van der Waals surface area contributed by atoms with Crippen LogP contribution in [0.15, 0.2) is 15.4 Å². The van der Waals surface area contributed by atoms with Crippen LogP contribution in [0.4, 0.5) is 4.79 Å². The summed E-state index contributed by atoms with van der Waals surface area (Å²) in [7, 11) is 0. The van der Waals surface area contributed by atoms with Crippen molar-refractivity contribution in [1.29, 1.82) is 0 Å². The normalized spacial score (nSPS) is 17.5. The van der Waals surface area contributed by atoms with E-state index in [9.17, 15) is 9.90 Å². The van der Waals surface area contributed by atoms with Crippen molar-refractivity contribution >= 4 is 44.7 Å². The third-order valence-corrected chi connectivity index (χ3v) is 6.96. The minimum Gasteiger partial charge on any atom is -0.530 e. The molecule has 2 aliphatic heterocycles. The average molecular weight is 422 g/mol. The molecule has 6 heteroatoms. The molecule has 134 valence electrons. The third-order valence-electron chi connectivity index (χ3n) is 5.22. The van der Waals surface area contributed by atoms with Gasteiger partial charge in [-0.2, -0.15) is 0 Å². The second-order valence-electron chi connectivity index (χ2n) is 7.92. The number of carbonyl (C=O) groups excluding carboxylic acids is 1. The number of aryl methyl sites for hydroxylation is 1. The minimum atomic E-state index is -1.07. The average Bonchev–Trinajstić information content (AvgIpc) is 2.69. The Bertz CT molecular complexity index is 882. The van der Waals surface area contributed by atoms with E-state index < -0.39 is 6.09 Å². The van der Waals surface area contributed by atoms with Gasteiger partial charge in [-0.05, 0) is 29.2 Å². The molecule has 0 saturated heterocycles. The van der Waals surface area contributed by atoms with Crippen molar-refractivity contribution in [2.24, 2.45) is 0 Å². The Morgan fingerprint density at radius 3 is 2.76 bits per heavy atom. The van der Waals surface area contributed by atoms with Crippen molar-refractivity contribution in [2.75, 3.05) is 12.3 Å². The largest absolute Gasteiger partial charge is 0.530 e. The van der Waals surface area contributed by atoms with Crippen LogP contribution in [0.1, 0.15) is 44.0 Å². The zero-order valence-corrected chi connectivity index (χ0v) is 17.2. The minimum absolute atomic E-state index is 0.0297. The number of aromatic nitrogens is 1. The number of thioether (sulfide) groups is 1. The van der Waals surface area contributed by atoms with Gasteiger partial charge in [-0.3, -0.25) is 0 Å². The fraction of sp³-hybridized carbons (Fsp3) is 0.526. The summed E-state index contributed by atoms with van der Waals surface area (Å²) >= 11 is 5.72. The summed E-state index contributed by atoms with van der Waals surface area (Å²) in [6, 6.07) is 2.26. The molecule has 1 aromatic carbocycles. The zero-order valence-electron chi connectivity index (χ0n) is 14.8. The monoisotopic (exact) mass is 421 g/mol. The lowest BCUT2D eigenvalue weighted by Gasteiger charge is -2.31.